The van der Waals surface area contributed by atoms with Crippen LogP contribution in [0.1, 0.15) is 54.9 Å². The van der Waals surface area contributed by atoms with Crippen LogP contribution in [-0.4, -0.2) is 10.4 Å². The predicted octanol–water partition coefficient (Wildman–Crippen LogP) is 4.76. The molecule has 186 valence electrons. The highest BCUT2D eigenvalue weighted by Gasteiger charge is 2.28. The van der Waals surface area contributed by atoms with Gasteiger partial charge in [0.25, 0.3) is 0 Å². The second-order valence-electron chi connectivity index (χ2n) is 7.71. The van der Waals surface area contributed by atoms with Crippen molar-refractivity contribution in [1.82, 2.24) is 0 Å². The van der Waals surface area contributed by atoms with E-state index in [1.54, 1.807) is 24.3 Å². The van der Waals surface area contributed by atoms with Gasteiger partial charge in [0.15, 0.2) is 11.4 Å². The molecule has 0 heterocycles. The summed E-state index contributed by atoms with van der Waals surface area (Å²) in [5, 5.41) is 54.5. The topological polar surface area (TPSA) is 143 Å². The van der Waals surface area contributed by atoms with Gasteiger partial charge in [-0.2, -0.15) is 21.0 Å². The standard InChI is InChI=1S/C24H18Cl4N4O4/c25-21(23(27)17-7-1-13(11-29)9-19(17)31(33)34)15-3-5-16(6-4-15)22(26)24(28)18-8-2-14(12-30)10-20(18)32(35)36/h1-10,21-24,31-33,35H/t21-,22-,23-,24+/m0/s1. The molecule has 3 aromatic carbocycles. The molecule has 0 bridgehead atoms. The number of nitrogens with zero attached hydrogens (tertiary/aromatic N) is 2. The molecule has 3 aromatic rings. The van der Waals surface area contributed by atoms with Gasteiger partial charge in [-0.3, -0.25) is 0 Å². The fourth-order valence-electron chi connectivity index (χ4n) is 3.62. The third-order valence-corrected chi connectivity index (χ3v) is 7.75. The average molecular weight is 568 g/mol. The number of hydrogen-bond donors (Lipinski definition) is 4. The van der Waals surface area contributed by atoms with Crippen LogP contribution in [0.3, 0.4) is 0 Å². The molecular formula is C24H18Cl4N4O4. The normalized spacial score (nSPS) is 16.2. The molecule has 12 heteroatoms. The molecular weight excluding hydrogens is 550 g/mol. The minimum atomic E-state index is -1.23. The maximum Gasteiger partial charge on any atom is 0.169 e. The van der Waals surface area contributed by atoms with Crippen LogP contribution in [0.25, 0.3) is 0 Å². The highest BCUT2D eigenvalue weighted by atomic mass is 35.5. The van der Waals surface area contributed by atoms with Crippen molar-refractivity contribution in [2.75, 3.05) is 0 Å². The van der Waals surface area contributed by atoms with Gasteiger partial charge in [-0.15, -0.1) is 46.4 Å². The van der Waals surface area contributed by atoms with Crippen LogP contribution < -0.4 is 10.5 Å². The lowest BCUT2D eigenvalue weighted by molar-refractivity contribution is -0.991. The Labute approximate surface area is 226 Å². The van der Waals surface area contributed by atoms with Gasteiger partial charge < -0.3 is 10.4 Å². The summed E-state index contributed by atoms with van der Waals surface area (Å²) in [7, 11) is 0. The summed E-state index contributed by atoms with van der Waals surface area (Å²) in [6.45, 7) is 0. The van der Waals surface area contributed by atoms with Gasteiger partial charge in [-0.1, -0.05) is 36.4 Å². The molecule has 0 fully saturated rings. The van der Waals surface area contributed by atoms with E-state index in [-0.39, 0.29) is 33.6 Å². The minimum Gasteiger partial charge on any atom is -0.595 e. The van der Waals surface area contributed by atoms with Crippen molar-refractivity contribution in [3.05, 3.63) is 104 Å². The van der Waals surface area contributed by atoms with Gasteiger partial charge in [0.2, 0.25) is 0 Å². The molecule has 0 aromatic heterocycles. The van der Waals surface area contributed by atoms with E-state index in [0.717, 1.165) is 0 Å². The summed E-state index contributed by atoms with van der Waals surface area (Å²) < 4.78 is 0. The Balaban J connectivity index is 1.84. The van der Waals surface area contributed by atoms with Crippen molar-refractivity contribution < 1.29 is 20.9 Å². The minimum absolute atomic E-state index is 0.112. The molecule has 0 aliphatic carbocycles. The van der Waals surface area contributed by atoms with Crippen LogP contribution in [0.15, 0.2) is 60.7 Å². The molecule has 0 radical (unpaired) electrons. The summed E-state index contributed by atoms with van der Waals surface area (Å²) in [5.41, 5.74) is 1.86. The van der Waals surface area contributed by atoms with Gasteiger partial charge >= 0.3 is 0 Å². The maximum absolute atomic E-state index is 11.7. The van der Waals surface area contributed by atoms with Gasteiger partial charge in [0, 0.05) is 23.3 Å². The molecule has 0 aliphatic heterocycles. The van der Waals surface area contributed by atoms with Crippen molar-refractivity contribution in [1.29, 1.82) is 10.5 Å². The van der Waals surface area contributed by atoms with Gasteiger partial charge in [-0.05, 0) is 23.3 Å². The second-order valence-corrected chi connectivity index (χ2v) is 9.59. The zero-order chi connectivity index (χ0) is 26.6. The molecule has 6 atom stereocenters. The number of halogens is 4. The van der Waals surface area contributed by atoms with Crippen LogP contribution in [0.4, 0.5) is 11.4 Å². The van der Waals surface area contributed by atoms with Crippen LogP contribution in [0.5, 0.6) is 0 Å². The van der Waals surface area contributed by atoms with E-state index in [1.165, 1.54) is 36.4 Å². The number of hydrogen-bond acceptors (Lipinski definition) is 6. The second kappa shape index (κ2) is 12.2. The van der Waals surface area contributed by atoms with Crippen molar-refractivity contribution in [2.24, 2.45) is 0 Å². The molecule has 0 saturated carbocycles. The smallest absolute Gasteiger partial charge is 0.169 e. The molecule has 8 nitrogen and oxygen atoms in total. The average Bonchev–Trinajstić information content (AvgIpc) is 2.90. The fourth-order valence-corrected chi connectivity index (χ4v) is 4.85. The van der Waals surface area contributed by atoms with Crippen molar-refractivity contribution >= 4 is 57.8 Å². The van der Waals surface area contributed by atoms with E-state index in [4.69, 9.17) is 56.9 Å². The first-order valence-electron chi connectivity index (χ1n) is 10.3. The van der Waals surface area contributed by atoms with Crippen LogP contribution in [-0.2, 0) is 0 Å². The Morgan fingerprint density at radius 2 is 0.944 bits per heavy atom. The molecule has 3 rings (SSSR count). The number of rotatable bonds is 8. The molecule has 2 unspecified atom stereocenters. The van der Waals surface area contributed by atoms with Crippen molar-refractivity contribution in [3.8, 4) is 12.1 Å². The first kappa shape index (κ1) is 28.1. The van der Waals surface area contributed by atoms with E-state index in [9.17, 15) is 20.8 Å². The number of nitrogens with one attached hydrogen (secondary N) is 2. The Kier molecular flexibility index (Phi) is 9.53. The lowest BCUT2D eigenvalue weighted by atomic mass is 9.97. The monoisotopic (exact) mass is 566 g/mol. The predicted molar refractivity (Wildman–Crippen MR) is 135 cm³/mol. The highest BCUT2D eigenvalue weighted by Crippen LogP contribution is 2.44. The third kappa shape index (κ3) is 6.09. The molecule has 0 amide bonds. The molecule has 4 N–H and O–H groups in total. The van der Waals surface area contributed by atoms with Crippen molar-refractivity contribution in [3.63, 3.8) is 0 Å². The van der Waals surface area contributed by atoms with E-state index in [1.807, 2.05) is 12.1 Å². The lowest BCUT2D eigenvalue weighted by Crippen LogP contribution is -2.99. The summed E-state index contributed by atoms with van der Waals surface area (Å²) in [4.78, 5) is 0. The largest absolute Gasteiger partial charge is 0.595 e. The van der Waals surface area contributed by atoms with E-state index in [0.29, 0.717) is 11.1 Å². The Hall–Kier alpha value is -2.44. The van der Waals surface area contributed by atoms with Crippen LogP contribution in [0, 0.1) is 33.1 Å². The third-order valence-electron chi connectivity index (χ3n) is 5.51. The number of alkyl halides is 4. The van der Waals surface area contributed by atoms with E-state index in [2.05, 4.69) is 0 Å². The maximum atomic E-state index is 11.7. The molecule has 0 aliphatic rings. The molecule has 36 heavy (non-hydrogen) atoms. The van der Waals surface area contributed by atoms with Crippen LogP contribution >= 0.6 is 46.4 Å². The number of quaternary nitrogens is 2. The SMILES string of the molecule is N#Cc1ccc([C@@H](Cl)[C@@H](Cl)c2ccc([C@H](Cl)[C@@H](Cl)c3ccc(C#N)cc3[NH+]([O-])O)cc2)c([NH+]([O-])O)c1. The van der Waals surface area contributed by atoms with E-state index < -0.39 is 32.0 Å². The summed E-state index contributed by atoms with van der Waals surface area (Å²) in [6, 6.07) is 18.8. The zero-order valence-corrected chi connectivity index (χ0v) is 21.2. The Bertz CT molecular complexity index is 1210. The van der Waals surface area contributed by atoms with Gasteiger partial charge in [-0.25, -0.2) is 10.4 Å². The van der Waals surface area contributed by atoms with Gasteiger partial charge in [0.1, 0.15) is 0 Å². The Morgan fingerprint density at radius 1 is 0.611 bits per heavy atom. The highest BCUT2D eigenvalue weighted by molar-refractivity contribution is 6.31. The zero-order valence-electron chi connectivity index (χ0n) is 18.2. The van der Waals surface area contributed by atoms with Gasteiger partial charge in [0.05, 0.1) is 44.8 Å². The first-order valence-corrected chi connectivity index (χ1v) is 12.0. The first-order chi connectivity index (χ1) is 17.1. The number of nitriles is 2. The summed E-state index contributed by atoms with van der Waals surface area (Å²) in [5.74, 6) is 0. The fraction of sp³-hybridized carbons (Fsp3) is 0.167. The lowest BCUT2D eigenvalue weighted by Gasteiger charge is -2.23. The summed E-state index contributed by atoms with van der Waals surface area (Å²) >= 11 is 26.2. The van der Waals surface area contributed by atoms with Crippen molar-refractivity contribution in [2.45, 2.75) is 21.5 Å². The number of benzene rings is 3. The quantitative estimate of drug-likeness (QED) is 0.228. The summed E-state index contributed by atoms with van der Waals surface area (Å²) in [6.07, 6.45) is 0. The van der Waals surface area contributed by atoms with Crippen LogP contribution in [0.2, 0.25) is 0 Å². The van der Waals surface area contributed by atoms with E-state index >= 15 is 0 Å². The molecule has 0 spiro atoms. The Morgan fingerprint density at radius 3 is 1.22 bits per heavy atom. The molecule has 0 saturated heterocycles.